The standard InChI is InChI=1S/C10H15FN4/c11-9-7-12-5-2-8(9)6-15-10-13-3-1-4-14-10/h1,3-4,8-9,12H,2,5-7H2,(H,13,14,15). The molecule has 2 unspecified atom stereocenters. The zero-order chi connectivity index (χ0) is 10.5. The lowest BCUT2D eigenvalue weighted by atomic mass is 9.96. The van der Waals surface area contributed by atoms with E-state index in [-0.39, 0.29) is 5.92 Å². The Morgan fingerprint density at radius 2 is 2.27 bits per heavy atom. The second-order valence-electron chi connectivity index (χ2n) is 3.72. The average molecular weight is 210 g/mol. The zero-order valence-electron chi connectivity index (χ0n) is 8.49. The monoisotopic (exact) mass is 210 g/mol. The van der Waals surface area contributed by atoms with Crippen LogP contribution in [0, 0.1) is 5.92 Å². The molecule has 2 N–H and O–H groups in total. The van der Waals surface area contributed by atoms with Gasteiger partial charge in [0.05, 0.1) is 0 Å². The first kappa shape index (κ1) is 10.3. The second kappa shape index (κ2) is 5.02. The highest BCUT2D eigenvalue weighted by molar-refractivity contribution is 5.22. The van der Waals surface area contributed by atoms with Crippen molar-refractivity contribution in [1.82, 2.24) is 15.3 Å². The molecule has 0 bridgehead atoms. The number of halogens is 1. The van der Waals surface area contributed by atoms with E-state index in [2.05, 4.69) is 20.6 Å². The van der Waals surface area contributed by atoms with Gasteiger partial charge in [-0.05, 0) is 19.0 Å². The number of rotatable bonds is 3. The van der Waals surface area contributed by atoms with Gasteiger partial charge in [0, 0.05) is 31.4 Å². The SMILES string of the molecule is FC1CNCCC1CNc1ncccn1. The molecule has 2 atom stereocenters. The quantitative estimate of drug-likeness (QED) is 0.776. The van der Waals surface area contributed by atoms with Gasteiger partial charge in [-0.25, -0.2) is 14.4 Å². The average Bonchev–Trinajstić information content (AvgIpc) is 2.29. The van der Waals surface area contributed by atoms with Crippen LogP contribution in [0.3, 0.4) is 0 Å². The van der Waals surface area contributed by atoms with E-state index in [1.54, 1.807) is 18.5 Å². The van der Waals surface area contributed by atoms with Gasteiger partial charge in [0.15, 0.2) is 0 Å². The fourth-order valence-corrected chi connectivity index (χ4v) is 1.72. The molecule has 82 valence electrons. The normalized spacial score (nSPS) is 26.2. The van der Waals surface area contributed by atoms with Crippen LogP contribution in [0.5, 0.6) is 0 Å². The molecule has 1 aromatic rings. The predicted molar refractivity (Wildman–Crippen MR) is 56.4 cm³/mol. The largest absolute Gasteiger partial charge is 0.354 e. The van der Waals surface area contributed by atoms with E-state index in [9.17, 15) is 4.39 Å². The molecule has 15 heavy (non-hydrogen) atoms. The fraction of sp³-hybridized carbons (Fsp3) is 0.600. The first-order valence-electron chi connectivity index (χ1n) is 5.22. The minimum absolute atomic E-state index is 0.0649. The number of aromatic nitrogens is 2. The summed E-state index contributed by atoms with van der Waals surface area (Å²) in [5.41, 5.74) is 0. The predicted octanol–water partition coefficient (Wildman–Crippen LogP) is 0.836. The van der Waals surface area contributed by atoms with Gasteiger partial charge in [-0.2, -0.15) is 0 Å². The Bertz CT molecular complexity index is 293. The van der Waals surface area contributed by atoms with Gasteiger partial charge in [-0.3, -0.25) is 0 Å². The maximum Gasteiger partial charge on any atom is 0.222 e. The van der Waals surface area contributed by atoms with Gasteiger partial charge >= 0.3 is 0 Å². The van der Waals surface area contributed by atoms with Crippen molar-refractivity contribution in [2.45, 2.75) is 12.6 Å². The molecule has 1 aromatic heterocycles. The van der Waals surface area contributed by atoms with Crippen LogP contribution in [0.4, 0.5) is 10.3 Å². The smallest absolute Gasteiger partial charge is 0.222 e. The molecular formula is C10H15FN4. The molecule has 0 aliphatic carbocycles. The lowest BCUT2D eigenvalue weighted by Gasteiger charge is -2.26. The Morgan fingerprint density at radius 3 is 3.00 bits per heavy atom. The summed E-state index contributed by atoms with van der Waals surface area (Å²) in [6.45, 7) is 1.96. The minimum Gasteiger partial charge on any atom is -0.354 e. The van der Waals surface area contributed by atoms with Crippen molar-refractivity contribution >= 4 is 5.95 Å². The third-order valence-corrected chi connectivity index (χ3v) is 2.63. The Labute approximate surface area is 88.3 Å². The summed E-state index contributed by atoms with van der Waals surface area (Å²) in [5.74, 6) is 0.637. The molecule has 4 nitrogen and oxygen atoms in total. The number of alkyl halides is 1. The van der Waals surface area contributed by atoms with Crippen LogP contribution >= 0.6 is 0 Å². The van der Waals surface area contributed by atoms with Crippen molar-refractivity contribution in [1.29, 1.82) is 0 Å². The maximum absolute atomic E-state index is 13.4. The zero-order valence-corrected chi connectivity index (χ0v) is 8.49. The van der Waals surface area contributed by atoms with Gasteiger partial charge in [0.1, 0.15) is 6.17 Å². The van der Waals surface area contributed by atoms with Crippen molar-refractivity contribution in [3.8, 4) is 0 Å². The molecule has 0 aromatic carbocycles. The van der Waals surface area contributed by atoms with Gasteiger partial charge in [-0.1, -0.05) is 0 Å². The highest BCUT2D eigenvalue weighted by Gasteiger charge is 2.24. The molecule has 2 heterocycles. The van der Waals surface area contributed by atoms with Crippen LogP contribution in [0.2, 0.25) is 0 Å². The Kier molecular flexibility index (Phi) is 3.45. The van der Waals surface area contributed by atoms with Crippen molar-refractivity contribution < 1.29 is 4.39 Å². The molecule has 0 saturated carbocycles. The van der Waals surface area contributed by atoms with Crippen LogP contribution in [-0.4, -0.2) is 35.8 Å². The van der Waals surface area contributed by atoms with E-state index in [0.29, 0.717) is 19.0 Å². The molecule has 2 rings (SSSR count). The summed E-state index contributed by atoms with van der Waals surface area (Å²) in [6.07, 6.45) is 3.44. The summed E-state index contributed by atoms with van der Waals surface area (Å²) in [4.78, 5) is 8.06. The summed E-state index contributed by atoms with van der Waals surface area (Å²) in [5, 5.41) is 6.08. The summed E-state index contributed by atoms with van der Waals surface area (Å²) < 4.78 is 13.4. The number of piperidine rings is 1. The molecule has 5 heteroatoms. The molecular weight excluding hydrogens is 195 g/mol. The fourth-order valence-electron chi connectivity index (χ4n) is 1.72. The Hall–Kier alpha value is -1.23. The second-order valence-corrected chi connectivity index (χ2v) is 3.72. The van der Waals surface area contributed by atoms with Crippen LogP contribution < -0.4 is 10.6 Å². The van der Waals surface area contributed by atoms with Crippen molar-refractivity contribution in [2.24, 2.45) is 5.92 Å². The number of anilines is 1. The Balaban J connectivity index is 1.82. The van der Waals surface area contributed by atoms with E-state index in [4.69, 9.17) is 0 Å². The topological polar surface area (TPSA) is 49.8 Å². The minimum atomic E-state index is -0.769. The molecule has 0 radical (unpaired) electrons. The van der Waals surface area contributed by atoms with E-state index < -0.39 is 6.17 Å². The maximum atomic E-state index is 13.4. The van der Waals surface area contributed by atoms with E-state index >= 15 is 0 Å². The third kappa shape index (κ3) is 2.86. The molecule has 1 saturated heterocycles. The highest BCUT2D eigenvalue weighted by atomic mass is 19.1. The highest BCUT2D eigenvalue weighted by Crippen LogP contribution is 2.15. The van der Waals surface area contributed by atoms with Gasteiger partial charge in [0.2, 0.25) is 5.95 Å². The summed E-state index contributed by atoms with van der Waals surface area (Å²) in [6, 6.07) is 1.76. The molecule has 1 fully saturated rings. The lowest BCUT2D eigenvalue weighted by Crippen LogP contribution is -2.40. The summed E-state index contributed by atoms with van der Waals surface area (Å²) in [7, 11) is 0. The molecule has 1 aliphatic heterocycles. The van der Waals surface area contributed by atoms with E-state index in [1.165, 1.54) is 0 Å². The number of nitrogens with zero attached hydrogens (tertiary/aromatic N) is 2. The lowest BCUT2D eigenvalue weighted by molar-refractivity contribution is 0.189. The van der Waals surface area contributed by atoms with Crippen molar-refractivity contribution in [3.63, 3.8) is 0 Å². The van der Waals surface area contributed by atoms with Crippen LogP contribution in [-0.2, 0) is 0 Å². The van der Waals surface area contributed by atoms with Crippen molar-refractivity contribution in [2.75, 3.05) is 25.0 Å². The molecule has 0 amide bonds. The molecule has 1 aliphatic rings. The number of hydrogen-bond acceptors (Lipinski definition) is 4. The summed E-state index contributed by atoms with van der Waals surface area (Å²) >= 11 is 0. The first-order chi connectivity index (χ1) is 7.36. The van der Waals surface area contributed by atoms with E-state index in [1.807, 2.05) is 0 Å². The van der Waals surface area contributed by atoms with Crippen LogP contribution in [0.15, 0.2) is 18.5 Å². The molecule has 0 spiro atoms. The first-order valence-corrected chi connectivity index (χ1v) is 5.22. The number of hydrogen-bond donors (Lipinski definition) is 2. The number of nitrogens with one attached hydrogen (secondary N) is 2. The van der Waals surface area contributed by atoms with Gasteiger partial charge in [0.25, 0.3) is 0 Å². The van der Waals surface area contributed by atoms with Crippen molar-refractivity contribution in [3.05, 3.63) is 18.5 Å². The van der Waals surface area contributed by atoms with Gasteiger partial charge < -0.3 is 10.6 Å². The third-order valence-electron chi connectivity index (χ3n) is 2.63. The van der Waals surface area contributed by atoms with Crippen LogP contribution in [0.25, 0.3) is 0 Å². The Morgan fingerprint density at radius 1 is 1.47 bits per heavy atom. The van der Waals surface area contributed by atoms with E-state index in [0.717, 1.165) is 13.0 Å². The van der Waals surface area contributed by atoms with Crippen LogP contribution in [0.1, 0.15) is 6.42 Å². The van der Waals surface area contributed by atoms with Gasteiger partial charge in [-0.15, -0.1) is 0 Å².